The van der Waals surface area contributed by atoms with Gasteiger partial charge in [-0.2, -0.15) is 10.2 Å². The molecule has 37 heavy (non-hydrogen) atoms. The number of H-pyrrole nitrogens is 1. The summed E-state index contributed by atoms with van der Waals surface area (Å²) in [7, 11) is 1.86. The van der Waals surface area contributed by atoms with Crippen LogP contribution >= 0.6 is 11.6 Å². The summed E-state index contributed by atoms with van der Waals surface area (Å²) in [5.41, 5.74) is 3.04. The minimum Gasteiger partial charge on any atom is -0.343 e. The quantitative estimate of drug-likeness (QED) is 0.444. The number of aryl methyl sites for hydroxylation is 1. The van der Waals surface area contributed by atoms with E-state index in [1.54, 1.807) is 40.6 Å². The fourth-order valence-electron chi connectivity index (χ4n) is 5.09. The normalized spacial score (nSPS) is 21.5. The van der Waals surface area contributed by atoms with Gasteiger partial charge in [0, 0.05) is 60.2 Å². The van der Waals surface area contributed by atoms with E-state index < -0.39 is 5.82 Å². The number of benzene rings is 1. The molecule has 0 radical (unpaired) electrons. The lowest BCUT2D eigenvalue weighted by atomic mass is 9.95. The van der Waals surface area contributed by atoms with Gasteiger partial charge in [-0.3, -0.25) is 19.6 Å². The van der Waals surface area contributed by atoms with Crippen molar-refractivity contribution < 1.29 is 9.18 Å². The maximum absolute atomic E-state index is 15.3. The zero-order valence-electron chi connectivity index (χ0n) is 21.0. The van der Waals surface area contributed by atoms with Gasteiger partial charge in [-0.15, -0.1) is 0 Å². The Morgan fingerprint density at radius 1 is 1.41 bits per heavy atom. The van der Waals surface area contributed by atoms with Crippen LogP contribution in [0.25, 0.3) is 16.6 Å². The third kappa shape index (κ3) is 4.46. The molecular formula is C26H28ClFN8O. The molecule has 1 aliphatic heterocycles. The summed E-state index contributed by atoms with van der Waals surface area (Å²) in [5.74, 6) is -0.239. The molecule has 1 aromatic carbocycles. The van der Waals surface area contributed by atoms with Gasteiger partial charge >= 0.3 is 0 Å². The van der Waals surface area contributed by atoms with Crippen LogP contribution in [0, 0.1) is 17.7 Å². The molecule has 2 N–H and O–H groups in total. The molecule has 5 rings (SSSR count). The second-order valence-corrected chi connectivity index (χ2v) is 10.2. The van der Waals surface area contributed by atoms with Crippen LogP contribution in [0.15, 0.2) is 46.8 Å². The lowest BCUT2D eigenvalue weighted by Crippen LogP contribution is -2.27. The minimum absolute atomic E-state index is 0.00799. The van der Waals surface area contributed by atoms with Gasteiger partial charge in [0.05, 0.1) is 35.2 Å². The first-order valence-electron chi connectivity index (χ1n) is 12.0. The Hall–Kier alpha value is -3.79. The highest BCUT2D eigenvalue weighted by Crippen LogP contribution is 2.53. The van der Waals surface area contributed by atoms with Crippen LogP contribution in [-0.2, 0) is 11.8 Å². The van der Waals surface area contributed by atoms with Crippen molar-refractivity contribution in [2.24, 2.45) is 28.9 Å². The SMILES string of the molecule is C=N/C(=C\N1C=C(c2c(Cl)c(F)c(C(C)C)c3[nH]ncc23)N=CC1)NC(=O)[C@H]1[C@@H](C)[C@@H]1c1cnn(C)c1. The van der Waals surface area contributed by atoms with Gasteiger partial charge in [0.2, 0.25) is 5.91 Å². The van der Waals surface area contributed by atoms with E-state index >= 15 is 4.39 Å². The summed E-state index contributed by atoms with van der Waals surface area (Å²) in [5, 5.41) is 14.8. The van der Waals surface area contributed by atoms with E-state index in [0.29, 0.717) is 40.1 Å². The van der Waals surface area contributed by atoms with E-state index in [1.165, 1.54) is 0 Å². The molecule has 2 aliphatic rings. The number of nitrogens with one attached hydrogen (secondary N) is 2. The highest BCUT2D eigenvalue weighted by atomic mass is 35.5. The van der Waals surface area contributed by atoms with E-state index in [1.807, 2.05) is 34.0 Å². The Morgan fingerprint density at radius 2 is 2.19 bits per heavy atom. The molecule has 3 heterocycles. The molecule has 2 aromatic heterocycles. The molecule has 1 aliphatic carbocycles. The van der Waals surface area contributed by atoms with Crippen LogP contribution in [0.5, 0.6) is 0 Å². The van der Waals surface area contributed by atoms with E-state index in [4.69, 9.17) is 11.6 Å². The molecule has 3 atom stereocenters. The average Bonchev–Trinajstić information content (AvgIpc) is 3.15. The number of amides is 1. The Bertz CT molecular complexity index is 1480. The van der Waals surface area contributed by atoms with Gasteiger partial charge in [-0.1, -0.05) is 32.4 Å². The molecule has 9 nitrogen and oxygen atoms in total. The zero-order valence-corrected chi connectivity index (χ0v) is 21.8. The maximum atomic E-state index is 15.3. The number of aliphatic imine (C=N–C) groups is 2. The Morgan fingerprint density at radius 3 is 2.86 bits per heavy atom. The number of aromatic nitrogens is 4. The lowest BCUT2D eigenvalue weighted by Gasteiger charge is -2.21. The predicted octanol–water partition coefficient (Wildman–Crippen LogP) is 4.56. The van der Waals surface area contributed by atoms with E-state index in [0.717, 1.165) is 5.56 Å². The number of fused-ring (bicyclic) bond motifs is 1. The van der Waals surface area contributed by atoms with Gasteiger partial charge in [-0.05, 0) is 24.1 Å². The monoisotopic (exact) mass is 522 g/mol. The number of hydrogen-bond donors (Lipinski definition) is 2. The second kappa shape index (κ2) is 9.59. The number of carbonyl (C=O) groups excluding carboxylic acids is 1. The Labute approximate surface area is 218 Å². The average molecular weight is 523 g/mol. The summed E-state index contributed by atoms with van der Waals surface area (Å²) in [4.78, 5) is 23.3. The first kappa shape index (κ1) is 24.9. The highest BCUT2D eigenvalue weighted by Gasteiger charge is 2.53. The first-order valence-corrected chi connectivity index (χ1v) is 12.4. The molecule has 1 amide bonds. The predicted molar refractivity (Wildman–Crippen MR) is 143 cm³/mol. The van der Waals surface area contributed by atoms with Crippen molar-refractivity contribution in [2.75, 3.05) is 6.54 Å². The Kier molecular flexibility index (Phi) is 6.45. The largest absolute Gasteiger partial charge is 0.343 e. The molecule has 0 bridgehead atoms. The van der Waals surface area contributed by atoms with Crippen molar-refractivity contribution in [1.29, 1.82) is 0 Å². The van der Waals surface area contributed by atoms with Crippen molar-refractivity contribution in [1.82, 2.24) is 30.2 Å². The molecule has 1 fully saturated rings. The van der Waals surface area contributed by atoms with E-state index in [2.05, 4.69) is 37.3 Å². The van der Waals surface area contributed by atoms with Crippen molar-refractivity contribution in [3.8, 4) is 0 Å². The van der Waals surface area contributed by atoms with Crippen LogP contribution < -0.4 is 5.32 Å². The summed E-state index contributed by atoms with van der Waals surface area (Å²) in [6.45, 7) is 9.89. The van der Waals surface area contributed by atoms with Crippen LogP contribution in [0.1, 0.15) is 49.3 Å². The van der Waals surface area contributed by atoms with E-state index in [9.17, 15) is 4.79 Å². The number of carbonyl (C=O) groups is 1. The van der Waals surface area contributed by atoms with Gasteiger partial charge in [0.15, 0.2) is 0 Å². The van der Waals surface area contributed by atoms with Gasteiger partial charge in [-0.25, -0.2) is 9.38 Å². The number of nitrogens with zero attached hydrogens (tertiary/aromatic N) is 6. The molecule has 192 valence electrons. The number of aromatic amines is 1. The smallest absolute Gasteiger partial charge is 0.229 e. The van der Waals surface area contributed by atoms with Crippen LogP contribution in [-0.4, -0.2) is 50.3 Å². The number of rotatable bonds is 7. The summed E-state index contributed by atoms with van der Waals surface area (Å²) >= 11 is 6.53. The van der Waals surface area contributed by atoms with Crippen molar-refractivity contribution in [3.63, 3.8) is 0 Å². The molecular weight excluding hydrogens is 495 g/mol. The lowest BCUT2D eigenvalue weighted by molar-refractivity contribution is -0.122. The fraction of sp³-hybridized carbons (Fsp3) is 0.346. The fourth-order valence-corrected chi connectivity index (χ4v) is 5.39. The zero-order chi connectivity index (χ0) is 26.4. The molecule has 1 saturated carbocycles. The van der Waals surface area contributed by atoms with Crippen molar-refractivity contribution in [3.05, 3.63) is 64.3 Å². The number of hydrogen-bond acceptors (Lipinski definition) is 6. The third-order valence-corrected chi connectivity index (χ3v) is 7.33. The van der Waals surface area contributed by atoms with Crippen LogP contribution in [0.4, 0.5) is 4.39 Å². The highest BCUT2D eigenvalue weighted by molar-refractivity contribution is 6.34. The van der Waals surface area contributed by atoms with Crippen LogP contribution in [0.2, 0.25) is 5.02 Å². The molecule has 11 heteroatoms. The summed E-state index contributed by atoms with van der Waals surface area (Å²) in [6.07, 6.45) is 10.5. The molecule has 0 spiro atoms. The summed E-state index contributed by atoms with van der Waals surface area (Å²) < 4.78 is 17.0. The second-order valence-electron chi connectivity index (χ2n) is 9.77. The molecule has 0 saturated heterocycles. The van der Waals surface area contributed by atoms with Crippen molar-refractivity contribution >= 4 is 47.0 Å². The topological polar surface area (TPSA) is 104 Å². The minimum atomic E-state index is -0.491. The van der Waals surface area contributed by atoms with Crippen LogP contribution in [0.3, 0.4) is 0 Å². The summed E-state index contributed by atoms with van der Waals surface area (Å²) in [6, 6.07) is 0. The molecule has 0 unspecified atom stereocenters. The first-order chi connectivity index (χ1) is 17.7. The van der Waals surface area contributed by atoms with Gasteiger partial charge in [0.25, 0.3) is 0 Å². The maximum Gasteiger partial charge on any atom is 0.229 e. The van der Waals surface area contributed by atoms with Gasteiger partial charge < -0.3 is 10.2 Å². The Balaban J connectivity index is 1.40. The molecule has 3 aromatic rings. The number of halogens is 2. The third-order valence-electron chi connectivity index (χ3n) is 6.97. The standard InChI is InChI=1S/C26H28ClFN8O/c1-13(2)19-24(28)23(27)22(16-9-31-34-25(16)19)17-11-36(7-6-30-17)12-18(29-4)33-26(37)21-14(3)20(21)15-8-32-35(5)10-15/h6,8-14,20-21H,4,7H2,1-3,5H3,(H,31,34)(H,33,37)/b18-12+/t14-,20+,21-/m0/s1. The van der Waals surface area contributed by atoms with Crippen molar-refractivity contribution in [2.45, 2.75) is 32.6 Å². The van der Waals surface area contributed by atoms with E-state index in [-0.39, 0.29) is 34.6 Å². The van der Waals surface area contributed by atoms with Gasteiger partial charge in [0.1, 0.15) is 11.6 Å².